The van der Waals surface area contributed by atoms with E-state index in [0.717, 1.165) is 22.0 Å². The van der Waals surface area contributed by atoms with Crippen LogP contribution in [-0.4, -0.2) is 51.8 Å². The lowest BCUT2D eigenvalue weighted by molar-refractivity contribution is -0.137. The number of rotatable bonds is 14. The summed E-state index contributed by atoms with van der Waals surface area (Å²) in [7, 11) is 0. The maximum absolute atomic E-state index is 13.6. The molecule has 0 aliphatic carbocycles. The van der Waals surface area contributed by atoms with E-state index in [1.54, 1.807) is 71.6 Å². The van der Waals surface area contributed by atoms with Crippen molar-refractivity contribution in [2.45, 2.75) is 19.0 Å². The zero-order valence-corrected chi connectivity index (χ0v) is 26.7. The Morgan fingerprint density at radius 1 is 0.714 bits per heavy atom. The van der Waals surface area contributed by atoms with E-state index < -0.39 is 12.0 Å². The second kappa shape index (κ2) is 15.5. The number of aliphatic carboxylic acids is 1. The maximum atomic E-state index is 13.6. The second-order valence-corrected chi connectivity index (χ2v) is 11.6. The molecule has 8 heteroatoms. The highest BCUT2D eigenvalue weighted by molar-refractivity contribution is 6.12. The van der Waals surface area contributed by atoms with Gasteiger partial charge in [-0.15, -0.1) is 0 Å². The second-order valence-electron chi connectivity index (χ2n) is 11.6. The van der Waals surface area contributed by atoms with E-state index in [1.165, 1.54) is 0 Å². The van der Waals surface area contributed by atoms with E-state index in [9.17, 15) is 19.5 Å². The summed E-state index contributed by atoms with van der Waals surface area (Å²) in [5, 5.41) is 14.1. The molecule has 1 atom stereocenters. The summed E-state index contributed by atoms with van der Waals surface area (Å²) < 4.78 is 6.03. The van der Waals surface area contributed by atoms with Crippen LogP contribution in [0.2, 0.25) is 0 Å². The van der Waals surface area contributed by atoms with Gasteiger partial charge in [0.05, 0.1) is 12.1 Å². The summed E-state index contributed by atoms with van der Waals surface area (Å²) in [5.41, 5.74) is 4.29. The Kier molecular flexibility index (Phi) is 10.4. The first-order valence-electron chi connectivity index (χ1n) is 16.0. The molecule has 0 aliphatic rings. The van der Waals surface area contributed by atoms with Crippen molar-refractivity contribution in [3.8, 4) is 5.75 Å². The molecule has 0 spiro atoms. The maximum Gasteiger partial charge on any atom is 0.326 e. The number of anilines is 1. The number of aromatic nitrogens is 1. The molecule has 5 aromatic carbocycles. The number of hydrogen-bond donors (Lipinski definition) is 2. The number of hydrogen-bond acceptors (Lipinski definition) is 6. The standard InChI is InChI=1S/C41H35N3O5/c45-39(32-14-5-2-6-15-32)34-16-8-10-18-36(34)43-38(41(47)48)27-29-19-22-33(23-20-29)49-26-25-44(28-30-11-3-1-4-12-30)40(46)37-24-21-31-13-7-9-17-35(31)42-37/h1-24,38,43H,25-28H2,(H,47,48)/t38-/m0/s1. The van der Waals surface area contributed by atoms with Crippen LogP contribution in [-0.2, 0) is 17.8 Å². The van der Waals surface area contributed by atoms with Crippen LogP contribution in [0.15, 0.2) is 146 Å². The molecule has 2 N–H and O–H groups in total. The number of carbonyl (C=O) groups excluding carboxylic acids is 2. The number of benzene rings is 5. The van der Waals surface area contributed by atoms with Gasteiger partial charge in [0.1, 0.15) is 24.1 Å². The number of pyridine rings is 1. The van der Waals surface area contributed by atoms with E-state index in [4.69, 9.17) is 4.74 Å². The number of amides is 1. The van der Waals surface area contributed by atoms with Gasteiger partial charge in [-0.25, -0.2) is 9.78 Å². The molecular weight excluding hydrogens is 614 g/mol. The normalized spacial score (nSPS) is 11.4. The first-order valence-corrected chi connectivity index (χ1v) is 16.0. The van der Waals surface area contributed by atoms with Crippen molar-refractivity contribution in [3.05, 3.63) is 174 Å². The number of nitrogens with zero attached hydrogens (tertiary/aromatic N) is 2. The number of ether oxygens (including phenoxy) is 1. The number of ketones is 1. The summed E-state index contributed by atoms with van der Waals surface area (Å²) in [5.74, 6) is -0.815. The number of para-hydroxylation sites is 2. The average molecular weight is 650 g/mol. The van der Waals surface area contributed by atoms with Gasteiger partial charge < -0.3 is 20.1 Å². The quantitative estimate of drug-likeness (QED) is 0.119. The summed E-state index contributed by atoms with van der Waals surface area (Å²) in [4.78, 5) is 45.4. The highest BCUT2D eigenvalue weighted by Gasteiger charge is 2.22. The number of carboxylic acids is 1. The monoisotopic (exact) mass is 649 g/mol. The van der Waals surface area contributed by atoms with E-state index in [2.05, 4.69) is 10.3 Å². The Morgan fingerprint density at radius 3 is 2.14 bits per heavy atom. The fraction of sp³-hybridized carbons (Fsp3) is 0.122. The predicted molar refractivity (Wildman–Crippen MR) is 190 cm³/mol. The highest BCUT2D eigenvalue weighted by Crippen LogP contribution is 2.22. The van der Waals surface area contributed by atoms with Gasteiger partial charge in [0.25, 0.3) is 5.91 Å². The van der Waals surface area contributed by atoms with Crippen LogP contribution in [0, 0.1) is 0 Å². The van der Waals surface area contributed by atoms with Crippen LogP contribution in [0.25, 0.3) is 10.9 Å². The summed E-state index contributed by atoms with van der Waals surface area (Å²) in [6.45, 7) is 0.979. The largest absolute Gasteiger partial charge is 0.492 e. The molecule has 1 amide bonds. The van der Waals surface area contributed by atoms with Crippen molar-refractivity contribution in [1.82, 2.24) is 9.88 Å². The smallest absolute Gasteiger partial charge is 0.326 e. The first kappa shape index (κ1) is 32.7. The topological polar surface area (TPSA) is 109 Å². The average Bonchev–Trinajstić information content (AvgIpc) is 3.15. The first-order chi connectivity index (χ1) is 23.9. The van der Waals surface area contributed by atoms with E-state index >= 15 is 0 Å². The number of nitrogens with one attached hydrogen (secondary N) is 1. The van der Waals surface area contributed by atoms with Crippen LogP contribution in [0.3, 0.4) is 0 Å². The number of fused-ring (bicyclic) bond motifs is 1. The molecule has 6 aromatic rings. The number of carboxylic acid groups (broad SMARTS) is 1. The van der Waals surface area contributed by atoms with Crippen LogP contribution < -0.4 is 10.1 Å². The lowest BCUT2D eigenvalue weighted by atomic mass is 10.00. The minimum absolute atomic E-state index is 0.182. The highest BCUT2D eigenvalue weighted by atomic mass is 16.5. The van der Waals surface area contributed by atoms with Crippen molar-refractivity contribution >= 4 is 34.3 Å². The third-order valence-electron chi connectivity index (χ3n) is 8.15. The van der Waals surface area contributed by atoms with E-state index in [-0.39, 0.29) is 24.7 Å². The van der Waals surface area contributed by atoms with Gasteiger partial charge in [0, 0.05) is 35.2 Å². The number of carbonyl (C=O) groups is 3. The van der Waals surface area contributed by atoms with Gasteiger partial charge in [-0.1, -0.05) is 109 Å². The Balaban J connectivity index is 1.10. The SMILES string of the molecule is O=C(c1ccccc1)c1ccccc1N[C@@H](Cc1ccc(OCCN(Cc2ccccc2)C(=O)c2ccc3ccccc3n2)cc1)C(=O)O. The van der Waals surface area contributed by atoms with E-state index in [1.807, 2.05) is 78.9 Å². The van der Waals surface area contributed by atoms with Gasteiger partial charge in [0.15, 0.2) is 5.78 Å². The van der Waals surface area contributed by atoms with Crippen molar-refractivity contribution < 1.29 is 24.2 Å². The van der Waals surface area contributed by atoms with Gasteiger partial charge in [-0.2, -0.15) is 0 Å². The van der Waals surface area contributed by atoms with Crippen molar-refractivity contribution in [2.24, 2.45) is 0 Å². The fourth-order valence-corrected chi connectivity index (χ4v) is 5.57. The third-order valence-corrected chi connectivity index (χ3v) is 8.15. The fourth-order valence-electron chi connectivity index (χ4n) is 5.57. The molecule has 0 saturated carbocycles. The summed E-state index contributed by atoms with van der Waals surface area (Å²) >= 11 is 0. The molecule has 0 fully saturated rings. The van der Waals surface area contributed by atoms with Crippen LogP contribution >= 0.6 is 0 Å². The zero-order valence-electron chi connectivity index (χ0n) is 26.7. The summed E-state index contributed by atoms with van der Waals surface area (Å²) in [6.07, 6.45) is 0.182. The molecule has 0 bridgehead atoms. The Hall–Kier alpha value is -6.28. The molecule has 0 saturated heterocycles. The lowest BCUT2D eigenvalue weighted by Crippen LogP contribution is -2.34. The zero-order chi connectivity index (χ0) is 34.0. The van der Waals surface area contributed by atoms with Crippen LogP contribution in [0.1, 0.15) is 37.5 Å². The molecule has 1 aromatic heterocycles. The Morgan fingerprint density at radius 2 is 1.39 bits per heavy atom. The molecule has 0 radical (unpaired) electrons. The Labute approximate surface area is 284 Å². The Bertz CT molecular complexity index is 2050. The molecule has 0 aliphatic heterocycles. The van der Waals surface area contributed by atoms with Crippen LogP contribution in [0.4, 0.5) is 5.69 Å². The van der Waals surface area contributed by atoms with Crippen molar-refractivity contribution in [1.29, 1.82) is 0 Å². The molecular formula is C41H35N3O5. The minimum atomic E-state index is -1.04. The van der Waals surface area contributed by atoms with Gasteiger partial charge in [0.2, 0.25) is 0 Å². The molecule has 0 unspecified atom stereocenters. The van der Waals surface area contributed by atoms with E-state index in [0.29, 0.717) is 41.3 Å². The van der Waals surface area contributed by atoms with Crippen molar-refractivity contribution in [3.63, 3.8) is 0 Å². The summed E-state index contributed by atoms with van der Waals surface area (Å²) in [6, 6.07) is 43.2. The molecule has 49 heavy (non-hydrogen) atoms. The van der Waals surface area contributed by atoms with Crippen molar-refractivity contribution in [2.75, 3.05) is 18.5 Å². The minimum Gasteiger partial charge on any atom is -0.492 e. The van der Waals surface area contributed by atoms with Crippen LogP contribution in [0.5, 0.6) is 5.75 Å². The van der Waals surface area contributed by atoms with Gasteiger partial charge >= 0.3 is 5.97 Å². The molecule has 1 heterocycles. The lowest BCUT2D eigenvalue weighted by Gasteiger charge is -2.23. The third kappa shape index (κ3) is 8.36. The van der Waals surface area contributed by atoms with Gasteiger partial charge in [-0.3, -0.25) is 9.59 Å². The predicted octanol–water partition coefficient (Wildman–Crippen LogP) is 7.30. The molecule has 8 nitrogen and oxygen atoms in total. The molecule has 244 valence electrons. The molecule has 6 rings (SSSR count). The van der Waals surface area contributed by atoms with Gasteiger partial charge in [-0.05, 0) is 47.5 Å².